The molecule has 0 amide bonds. The van der Waals surface area contributed by atoms with Crippen molar-refractivity contribution in [3.63, 3.8) is 0 Å². The number of hydrogen-bond acceptors (Lipinski definition) is 6. The number of carbonyl (C=O) groups excluding carboxylic acids is 1. The molecule has 3 aromatic heterocycles. The number of aromatic nitrogens is 4. The highest BCUT2D eigenvalue weighted by Crippen LogP contribution is 2.26. The van der Waals surface area contributed by atoms with Crippen molar-refractivity contribution in [3.05, 3.63) is 99.5 Å². The lowest BCUT2D eigenvalue weighted by Crippen LogP contribution is -2.23. The Labute approximate surface area is 204 Å². The van der Waals surface area contributed by atoms with Crippen molar-refractivity contribution in [1.82, 2.24) is 19.3 Å². The molecule has 7 nitrogen and oxygen atoms in total. The summed E-state index contributed by atoms with van der Waals surface area (Å²) in [5.74, 6) is 0.600. The van der Waals surface area contributed by atoms with Gasteiger partial charge < -0.3 is 4.52 Å². The minimum absolute atomic E-state index is 0.0152. The van der Waals surface area contributed by atoms with E-state index in [1.165, 1.54) is 16.7 Å². The molecule has 0 aliphatic heterocycles. The fourth-order valence-electron chi connectivity index (χ4n) is 4.12. The van der Waals surface area contributed by atoms with Crippen LogP contribution in [0.5, 0.6) is 0 Å². The Morgan fingerprint density at radius 3 is 2.51 bits per heavy atom. The molecular formula is C26H21FN4O3S. The summed E-state index contributed by atoms with van der Waals surface area (Å²) in [4.78, 5) is 31.1. The lowest BCUT2D eigenvalue weighted by molar-refractivity contribution is 0.102. The monoisotopic (exact) mass is 488 g/mol. The number of carbonyl (C=O) groups is 1. The summed E-state index contributed by atoms with van der Waals surface area (Å²) in [6.07, 6.45) is 0. The van der Waals surface area contributed by atoms with E-state index < -0.39 is 11.4 Å². The van der Waals surface area contributed by atoms with Crippen LogP contribution in [0.15, 0.2) is 75.1 Å². The van der Waals surface area contributed by atoms with Crippen molar-refractivity contribution >= 4 is 28.4 Å². The van der Waals surface area contributed by atoms with Gasteiger partial charge in [0.15, 0.2) is 16.8 Å². The van der Waals surface area contributed by atoms with Gasteiger partial charge in [-0.15, -0.1) is 0 Å². The van der Waals surface area contributed by atoms with Crippen LogP contribution in [0.1, 0.15) is 27.5 Å². The summed E-state index contributed by atoms with van der Waals surface area (Å²) in [6, 6.07) is 16.5. The zero-order valence-corrected chi connectivity index (χ0v) is 20.1. The zero-order valence-electron chi connectivity index (χ0n) is 19.3. The van der Waals surface area contributed by atoms with Crippen LogP contribution in [0.4, 0.5) is 4.39 Å². The van der Waals surface area contributed by atoms with Crippen molar-refractivity contribution in [2.75, 3.05) is 5.75 Å². The highest BCUT2D eigenvalue weighted by molar-refractivity contribution is 7.99. The molecule has 3 heterocycles. The van der Waals surface area contributed by atoms with E-state index in [1.807, 2.05) is 18.4 Å². The lowest BCUT2D eigenvalue weighted by Gasteiger charge is -2.13. The van der Waals surface area contributed by atoms with Gasteiger partial charge in [0.1, 0.15) is 11.6 Å². The number of benzene rings is 2. The number of Topliss-reactive ketones (excluding diaryl/α,β-unsaturated/α-hetero) is 1. The molecule has 5 aromatic rings. The Kier molecular flexibility index (Phi) is 5.86. The Morgan fingerprint density at radius 1 is 1.03 bits per heavy atom. The minimum Gasteiger partial charge on any atom is -0.360 e. The molecule has 0 aliphatic carbocycles. The first-order chi connectivity index (χ1) is 16.8. The fourth-order valence-corrected chi connectivity index (χ4v) is 5.01. The van der Waals surface area contributed by atoms with Gasteiger partial charge in [-0.3, -0.25) is 18.7 Å². The van der Waals surface area contributed by atoms with Crippen LogP contribution in [-0.4, -0.2) is 30.8 Å². The van der Waals surface area contributed by atoms with E-state index in [0.29, 0.717) is 28.0 Å². The number of fused-ring (bicyclic) bond motifs is 1. The van der Waals surface area contributed by atoms with Crippen molar-refractivity contribution in [3.8, 4) is 11.5 Å². The second-order valence-electron chi connectivity index (χ2n) is 8.13. The second kappa shape index (κ2) is 8.99. The number of aryl methyl sites for hydroxylation is 2. The third-order valence-electron chi connectivity index (χ3n) is 5.75. The predicted molar refractivity (Wildman–Crippen MR) is 132 cm³/mol. The van der Waals surface area contributed by atoms with Crippen LogP contribution < -0.4 is 5.56 Å². The molecule has 5 rings (SSSR count). The van der Waals surface area contributed by atoms with Gasteiger partial charge in [-0.2, -0.15) is 0 Å². The van der Waals surface area contributed by atoms with Gasteiger partial charge in [0, 0.05) is 23.0 Å². The highest BCUT2D eigenvalue weighted by Gasteiger charge is 2.21. The maximum Gasteiger partial charge on any atom is 0.266 e. The molecule has 0 unspecified atom stereocenters. The van der Waals surface area contributed by atoms with E-state index in [2.05, 4.69) is 10.1 Å². The van der Waals surface area contributed by atoms with Crippen LogP contribution in [-0.2, 0) is 0 Å². The van der Waals surface area contributed by atoms with Gasteiger partial charge in [0.05, 0.1) is 22.3 Å². The maximum absolute atomic E-state index is 14.7. The van der Waals surface area contributed by atoms with Crippen LogP contribution in [0, 0.1) is 26.6 Å². The Hall–Kier alpha value is -3.98. The number of halogens is 1. The molecule has 0 N–H and O–H groups in total. The van der Waals surface area contributed by atoms with Gasteiger partial charge in [-0.25, -0.2) is 9.37 Å². The normalized spacial score (nSPS) is 11.3. The molecule has 35 heavy (non-hydrogen) atoms. The number of rotatable bonds is 6. The first kappa shape index (κ1) is 22.8. The smallest absolute Gasteiger partial charge is 0.266 e. The summed E-state index contributed by atoms with van der Waals surface area (Å²) in [7, 11) is 0. The van der Waals surface area contributed by atoms with Crippen molar-refractivity contribution in [1.29, 1.82) is 0 Å². The van der Waals surface area contributed by atoms with Crippen LogP contribution in [0.3, 0.4) is 0 Å². The average molecular weight is 489 g/mol. The molecule has 0 atom stereocenters. The highest BCUT2D eigenvalue weighted by atomic mass is 32.2. The van der Waals surface area contributed by atoms with Gasteiger partial charge in [-0.05, 0) is 51.1 Å². The molecule has 0 fully saturated rings. The molecule has 176 valence electrons. The summed E-state index contributed by atoms with van der Waals surface area (Å²) in [6.45, 7) is 5.54. The second-order valence-corrected chi connectivity index (χ2v) is 9.07. The molecule has 0 aliphatic rings. The number of thioether (sulfide) groups is 1. The SMILES string of the molecule is Cc1cc(-n2c(C)cc(C(=O)CSc3nc4ccccc4c(=O)n3-c3ccccc3F)c2C)no1. The minimum atomic E-state index is -0.550. The van der Waals surface area contributed by atoms with Crippen LogP contribution in [0.2, 0.25) is 0 Å². The molecule has 2 aromatic carbocycles. The molecule has 0 saturated heterocycles. The Bertz CT molecular complexity index is 1650. The number of para-hydroxylation sites is 2. The molecule has 0 bridgehead atoms. The van der Waals surface area contributed by atoms with E-state index in [4.69, 9.17) is 4.52 Å². The Morgan fingerprint density at radius 2 is 1.77 bits per heavy atom. The van der Waals surface area contributed by atoms with E-state index in [9.17, 15) is 14.0 Å². The van der Waals surface area contributed by atoms with Crippen LogP contribution >= 0.6 is 11.8 Å². The van der Waals surface area contributed by atoms with E-state index >= 15 is 0 Å². The summed E-state index contributed by atoms with van der Waals surface area (Å²) in [5, 5.41) is 4.67. The maximum atomic E-state index is 14.7. The summed E-state index contributed by atoms with van der Waals surface area (Å²) >= 11 is 1.10. The van der Waals surface area contributed by atoms with E-state index in [-0.39, 0.29) is 22.4 Å². The number of ketones is 1. The molecule has 0 radical (unpaired) electrons. The third kappa shape index (κ3) is 4.08. The number of nitrogens with zero attached hydrogens (tertiary/aromatic N) is 4. The largest absolute Gasteiger partial charge is 0.360 e. The van der Waals surface area contributed by atoms with Crippen LogP contribution in [0.25, 0.3) is 22.4 Å². The van der Waals surface area contributed by atoms with Gasteiger partial charge >= 0.3 is 0 Å². The quantitative estimate of drug-likeness (QED) is 0.186. The molecule has 0 spiro atoms. The van der Waals surface area contributed by atoms with Crippen molar-refractivity contribution < 1.29 is 13.7 Å². The lowest BCUT2D eigenvalue weighted by atomic mass is 10.2. The number of hydrogen-bond donors (Lipinski definition) is 0. The summed E-state index contributed by atoms with van der Waals surface area (Å²) in [5.41, 5.74) is 2.30. The summed E-state index contributed by atoms with van der Waals surface area (Å²) < 4.78 is 23.0. The molecule has 0 saturated carbocycles. The molecular weight excluding hydrogens is 467 g/mol. The van der Waals surface area contributed by atoms with Gasteiger partial charge in [0.2, 0.25) is 0 Å². The predicted octanol–water partition coefficient (Wildman–Crippen LogP) is 5.20. The first-order valence-electron chi connectivity index (χ1n) is 10.9. The van der Waals surface area contributed by atoms with E-state index in [0.717, 1.165) is 23.1 Å². The van der Waals surface area contributed by atoms with Gasteiger partial charge in [0.25, 0.3) is 5.56 Å². The first-order valence-corrected chi connectivity index (χ1v) is 11.9. The fraction of sp³-hybridized carbons (Fsp3) is 0.154. The third-order valence-corrected chi connectivity index (χ3v) is 6.69. The van der Waals surface area contributed by atoms with E-state index in [1.54, 1.807) is 55.5 Å². The van der Waals surface area contributed by atoms with Crippen molar-refractivity contribution in [2.45, 2.75) is 25.9 Å². The topological polar surface area (TPSA) is 82.9 Å². The standard InChI is InChI=1S/C26H21FN4O3S/c1-15-12-19(17(3)30(15)24-13-16(2)34-29-24)23(32)14-35-26-28-21-10-6-4-8-18(21)25(33)31(26)22-11-7-5-9-20(22)27/h4-13H,14H2,1-3H3. The zero-order chi connectivity index (χ0) is 24.7. The molecule has 9 heteroatoms. The van der Waals surface area contributed by atoms with Crippen molar-refractivity contribution in [2.24, 2.45) is 0 Å². The average Bonchev–Trinajstić information content (AvgIpc) is 3.40. The Balaban J connectivity index is 1.52. The van der Waals surface area contributed by atoms with Gasteiger partial charge in [-0.1, -0.05) is 41.2 Å².